The topological polar surface area (TPSA) is 94.6 Å². The largest absolute Gasteiger partial charge is 0.495 e. The van der Waals surface area contributed by atoms with Crippen LogP contribution in [0.15, 0.2) is 40.8 Å². The molecule has 1 aromatic heterocycles. The Balaban J connectivity index is 1.68. The first-order chi connectivity index (χ1) is 12.0. The van der Waals surface area contributed by atoms with Crippen LogP contribution >= 0.6 is 0 Å². The van der Waals surface area contributed by atoms with Gasteiger partial charge in [-0.2, -0.15) is 0 Å². The number of amides is 2. The summed E-state index contributed by atoms with van der Waals surface area (Å²) in [6.45, 7) is 2.18. The van der Waals surface area contributed by atoms with Gasteiger partial charge in [0.05, 0.1) is 12.8 Å². The third kappa shape index (κ3) is 3.91. The Hall–Kier alpha value is -3.02. The van der Waals surface area contributed by atoms with E-state index in [1.165, 1.54) is 25.3 Å². The fourth-order valence-electron chi connectivity index (χ4n) is 2.67. The van der Waals surface area contributed by atoms with Crippen LogP contribution in [0.25, 0.3) is 6.08 Å². The molecule has 3 rings (SSSR count). The van der Waals surface area contributed by atoms with E-state index in [0.29, 0.717) is 29.0 Å². The zero-order valence-corrected chi connectivity index (χ0v) is 14.1. The predicted octanol–water partition coefficient (Wildman–Crippen LogP) is 3.16. The number of rotatable bonds is 6. The van der Waals surface area contributed by atoms with Gasteiger partial charge in [-0.25, -0.2) is 0 Å². The minimum atomic E-state index is -0.578. The Labute approximate surface area is 145 Å². The quantitative estimate of drug-likeness (QED) is 0.790. The van der Waals surface area contributed by atoms with Gasteiger partial charge in [0.2, 0.25) is 11.8 Å². The van der Waals surface area contributed by atoms with Crippen LogP contribution in [0.2, 0.25) is 0 Å². The predicted molar refractivity (Wildman–Crippen MR) is 94.4 cm³/mol. The van der Waals surface area contributed by atoms with Crippen LogP contribution in [0, 0.1) is 5.92 Å². The van der Waals surface area contributed by atoms with Crippen LogP contribution in [-0.2, 0) is 4.79 Å². The maximum Gasteiger partial charge on any atom is 0.248 e. The van der Waals surface area contributed by atoms with Crippen molar-refractivity contribution in [2.24, 2.45) is 11.7 Å². The lowest BCUT2D eigenvalue weighted by atomic mass is 10.1. The third-order valence-corrected chi connectivity index (χ3v) is 4.26. The zero-order chi connectivity index (χ0) is 18.0. The van der Waals surface area contributed by atoms with Crippen LogP contribution in [-0.4, -0.2) is 18.9 Å². The molecule has 0 unspecified atom stereocenters. The molecule has 0 saturated heterocycles. The zero-order valence-electron chi connectivity index (χ0n) is 14.1. The van der Waals surface area contributed by atoms with Crippen molar-refractivity contribution in [2.45, 2.75) is 19.3 Å². The van der Waals surface area contributed by atoms with Crippen LogP contribution in [0.3, 0.4) is 0 Å². The fourth-order valence-corrected chi connectivity index (χ4v) is 2.67. The molecule has 0 radical (unpaired) electrons. The highest BCUT2D eigenvalue weighted by Crippen LogP contribution is 2.47. The van der Waals surface area contributed by atoms with Gasteiger partial charge in [0.15, 0.2) is 0 Å². The van der Waals surface area contributed by atoms with Crippen molar-refractivity contribution in [3.63, 3.8) is 0 Å². The number of nitrogens with one attached hydrogen (secondary N) is 1. The maximum absolute atomic E-state index is 12.1. The van der Waals surface area contributed by atoms with Gasteiger partial charge in [-0.1, -0.05) is 6.92 Å². The summed E-state index contributed by atoms with van der Waals surface area (Å²) < 4.78 is 10.9. The smallest absolute Gasteiger partial charge is 0.248 e. The summed E-state index contributed by atoms with van der Waals surface area (Å²) in [6, 6.07) is 8.39. The second kappa shape index (κ2) is 6.84. The summed E-state index contributed by atoms with van der Waals surface area (Å²) in [7, 11) is 1.48. The number of hydrogen-bond donors (Lipinski definition) is 2. The lowest BCUT2D eigenvalue weighted by Crippen LogP contribution is -2.13. The Kier molecular flexibility index (Phi) is 4.61. The molecule has 0 bridgehead atoms. The highest BCUT2D eigenvalue weighted by molar-refractivity contribution is 6.03. The van der Waals surface area contributed by atoms with Gasteiger partial charge >= 0.3 is 0 Å². The van der Waals surface area contributed by atoms with E-state index < -0.39 is 5.91 Å². The van der Waals surface area contributed by atoms with E-state index in [2.05, 4.69) is 12.2 Å². The number of benzene rings is 1. The standard InChI is InChI=1S/C19H20N2O4/c1-11-9-14(11)16-7-4-13(25-16)5-8-18(22)21-15-10-12(19(20)23)3-6-17(15)24-2/h3-8,10-11,14H,9H2,1-2H3,(H2,20,23)(H,21,22)/b8-5+/t11-,14+/m0/s1. The van der Waals surface area contributed by atoms with E-state index in [1.54, 1.807) is 12.1 Å². The monoisotopic (exact) mass is 340 g/mol. The molecule has 2 aromatic rings. The van der Waals surface area contributed by atoms with Gasteiger partial charge in [-0.05, 0) is 48.7 Å². The average molecular weight is 340 g/mol. The molecule has 2 atom stereocenters. The van der Waals surface area contributed by atoms with Gasteiger partial charge in [0.25, 0.3) is 0 Å². The summed E-state index contributed by atoms with van der Waals surface area (Å²) in [6.07, 6.45) is 4.12. The molecular formula is C19H20N2O4. The summed E-state index contributed by atoms with van der Waals surface area (Å²) in [5.74, 6) is 2.25. The summed E-state index contributed by atoms with van der Waals surface area (Å²) in [5.41, 5.74) is 5.92. The molecule has 6 heteroatoms. The first-order valence-corrected chi connectivity index (χ1v) is 8.04. The second-order valence-corrected chi connectivity index (χ2v) is 6.16. The molecule has 1 aliphatic rings. The Morgan fingerprint density at radius 2 is 2.08 bits per heavy atom. The number of carbonyl (C=O) groups excluding carboxylic acids is 2. The first-order valence-electron chi connectivity index (χ1n) is 8.04. The lowest BCUT2D eigenvalue weighted by molar-refractivity contribution is -0.111. The van der Waals surface area contributed by atoms with Crippen molar-refractivity contribution in [3.05, 3.63) is 53.5 Å². The normalized spacial score (nSPS) is 19.0. The molecule has 25 heavy (non-hydrogen) atoms. The first kappa shape index (κ1) is 16.8. The van der Waals surface area contributed by atoms with Crippen molar-refractivity contribution in [2.75, 3.05) is 12.4 Å². The number of carbonyl (C=O) groups is 2. The molecule has 1 saturated carbocycles. The van der Waals surface area contributed by atoms with Crippen molar-refractivity contribution in [3.8, 4) is 5.75 Å². The van der Waals surface area contributed by atoms with Gasteiger partial charge in [-0.3, -0.25) is 9.59 Å². The molecule has 6 nitrogen and oxygen atoms in total. The number of methoxy groups -OCH3 is 1. The van der Waals surface area contributed by atoms with Crippen molar-refractivity contribution in [1.29, 1.82) is 0 Å². The SMILES string of the molecule is COc1ccc(C(N)=O)cc1NC(=O)/C=C/c1ccc([C@@H]2C[C@@H]2C)o1. The third-order valence-electron chi connectivity index (χ3n) is 4.26. The molecule has 130 valence electrons. The molecule has 1 heterocycles. The van der Waals surface area contributed by atoms with E-state index in [1.807, 2.05) is 12.1 Å². The van der Waals surface area contributed by atoms with Crippen LogP contribution in [0.5, 0.6) is 5.75 Å². The number of anilines is 1. The van der Waals surface area contributed by atoms with Crippen LogP contribution < -0.4 is 15.8 Å². The molecule has 1 fully saturated rings. The van der Waals surface area contributed by atoms with Crippen molar-refractivity contribution in [1.82, 2.24) is 0 Å². The molecule has 0 spiro atoms. The van der Waals surface area contributed by atoms with Gasteiger partial charge in [0, 0.05) is 17.6 Å². The Bertz CT molecular complexity index is 838. The lowest BCUT2D eigenvalue weighted by Gasteiger charge is -2.09. The van der Waals surface area contributed by atoms with Crippen LogP contribution in [0.4, 0.5) is 5.69 Å². The molecule has 2 amide bonds. The molecule has 1 aliphatic carbocycles. The highest BCUT2D eigenvalue weighted by atomic mass is 16.5. The summed E-state index contributed by atoms with van der Waals surface area (Å²) in [4.78, 5) is 23.4. The van der Waals surface area contributed by atoms with E-state index in [0.717, 1.165) is 12.2 Å². The highest BCUT2D eigenvalue weighted by Gasteiger charge is 2.36. The molecule has 0 aliphatic heterocycles. The van der Waals surface area contributed by atoms with E-state index in [9.17, 15) is 9.59 Å². The minimum absolute atomic E-state index is 0.286. The number of nitrogens with two attached hydrogens (primary N) is 1. The van der Waals surface area contributed by atoms with E-state index in [4.69, 9.17) is 14.9 Å². The summed E-state index contributed by atoms with van der Waals surface area (Å²) >= 11 is 0. The minimum Gasteiger partial charge on any atom is -0.495 e. The number of ether oxygens (including phenoxy) is 1. The Morgan fingerprint density at radius 3 is 2.72 bits per heavy atom. The Morgan fingerprint density at radius 1 is 1.32 bits per heavy atom. The van der Waals surface area contributed by atoms with E-state index in [-0.39, 0.29) is 11.5 Å². The number of primary amides is 1. The summed E-state index contributed by atoms with van der Waals surface area (Å²) in [5, 5.41) is 2.68. The van der Waals surface area contributed by atoms with Crippen LogP contribution in [0.1, 0.15) is 41.1 Å². The average Bonchev–Trinajstić information content (AvgIpc) is 3.13. The second-order valence-electron chi connectivity index (χ2n) is 6.16. The number of furan rings is 1. The number of hydrogen-bond acceptors (Lipinski definition) is 4. The molecule has 1 aromatic carbocycles. The van der Waals surface area contributed by atoms with Gasteiger partial charge in [-0.15, -0.1) is 0 Å². The van der Waals surface area contributed by atoms with E-state index >= 15 is 0 Å². The fraction of sp³-hybridized carbons (Fsp3) is 0.263. The molecule has 3 N–H and O–H groups in total. The van der Waals surface area contributed by atoms with Gasteiger partial charge in [0.1, 0.15) is 17.3 Å². The van der Waals surface area contributed by atoms with Gasteiger partial charge < -0.3 is 20.2 Å². The maximum atomic E-state index is 12.1. The van der Waals surface area contributed by atoms with Crippen molar-refractivity contribution < 1.29 is 18.7 Å². The van der Waals surface area contributed by atoms with Crippen molar-refractivity contribution >= 4 is 23.6 Å². The molecular weight excluding hydrogens is 320 g/mol.